The van der Waals surface area contributed by atoms with Crippen molar-refractivity contribution in [1.82, 2.24) is 20.1 Å². The van der Waals surface area contributed by atoms with Gasteiger partial charge in [0.1, 0.15) is 6.54 Å². The average molecular weight is 316 g/mol. The average Bonchev–Trinajstić information content (AvgIpc) is 2.91. The Morgan fingerprint density at radius 1 is 1.43 bits per heavy atom. The second-order valence-corrected chi connectivity index (χ2v) is 6.01. The molecule has 23 heavy (non-hydrogen) atoms. The molecule has 2 aromatic rings. The zero-order chi connectivity index (χ0) is 16.2. The highest BCUT2D eigenvalue weighted by molar-refractivity contribution is 5.76. The standard InChI is InChI=1S/C16H20N4O3/c1-11-5-2-3-7-13(11)18-14(21)10-20-16(22)23-15(19-20)12-6-4-8-17-9-12/h4,6,8-9,11,13H,2-3,5,7,10H2,1H3,(H,18,21)/t11-,13+/m0/s1. The van der Waals surface area contributed by atoms with Gasteiger partial charge >= 0.3 is 5.76 Å². The summed E-state index contributed by atoms with van der Waals surface area (Å²) in [5.74, 6) is -0.220. The van der Waals surface area contributed by atoms with Gasteiger partial charge < -0.3 is 9.73 Å². The van der Waals surface area contributed by atoms with Gasteiger partial charge in [-0.1, -0.05) is 19.8 Å². The molecule has 122 valence electrons. The van der Waals surface area contributed by atoms with Crippen LogP contribution in [-0.4, -0.2) is 26.7 Å². The lowest BCUT2D eigenvalue weighted by Gasteiger charge is -2.29. The third kappa shape index (κ3) is 3.67. The summed E-state index contributed by atoms with van der Waals surface area (Å²) in [7, 11) is 0. The van der Waals surface area contributed by atoms with Crippen molar-refractivity contribution < 1.29 is 9.21 Å². The summed E-state index contributed by atoms with van der Waals surface area (Å²) in [6.07, 6.45) is 7.63. The topological polar surface area (TPSA) is 90.0 Å². The largest absolute Gasteiger partial charge is 0.437 e. The normalized spacial score (nSPS) is 21.1. The number of aromatic nitrogens is 3. The Morgan fingerprint density at radius 3 is 3.00 bits per heavy atom. The molecule has 0 bridgehead atoms. The van der Waals surface area contributed by atoms with E-state index in [1.807, 2.05) is 0 Å². The quantitative estimate of drug-likeness (QED) is 0.925. The van der Waals surface area contributed by atoms with Crippen LogP contribution in [0.15, 0.2) is 33.7 Å². The molecular weight excluding hydrogens is 296 g/mol. The van der Waals surface area contributed by atoms with E-state index in [1.54, 1.807) is 24.5 Å². The van der Waals surface area contributed by atoms with Gasteiger partial charge in [0.25, 0.3) is 5.89 Å². The van der Waals surface area contributed by atoms with Crippen molar-refractivity contribution in [2.45, 2.75) is 45.2 Å². The number of nitrogens with zero attached hydrogens (tertiary/aromatic N) is 3. The van der Waals surface area contributed by atoms with E-state index in [4.69, 9.17) is 4.42 Å². The summed E-state index contributed by atoms with van der Waals surface area (Å²) >= 11 is 0. The zero-order valence-corrected chi connectivity index (χ0v) is 13.1. The van der Waals surface area contributed by atoms with E-state index < -0.39 is 5.76 Å². The number of carbonyl (C=O) groups is 1. The summed E-state index contributed by atoms with van der Waals surface area (Å²) in [6.45, 7) is 2.01. The first-order valence-corrected chi connectivity index (χ1v) is 7.91. The van der Waals surface area contributed by atoms with Crippen LogP contribution in [0.3, 0.4) is 0 Å². The molecule has 0 saturated heterocycles. The van der Waals surface area contributed by atoms with E-state index >= 15 is 0 Å². The predicted molar refractivity (Wildman–Crippen MR) is 83.6 cm³/mol. The third-order valence-corrected chi connectivity index (χ3v) is 4.27. The number of carbonyl (C=O) groups excluding carboxylic acids is 1. The molecule has 7 heteroatoms. The van der Waals surface area contributed by atoms with Gasteiger partial charge in [0.05, 0.1) is 5.56 Å². The monoisotopic (exact) mass is 316 g/mol. The first kappa shape index (κ1) is 15.5. The van der Waals surface area contributed by atoms with Crippen LogP contribution in [0.4, 0.5) is 0 Å². The molecule has 7 nitrogen and oxygen atoms in total. The van der Waals surface area contributed by atoms with Crippen LogP contribution in [-0.2, 0) is 11.3 Å². The molecule has 0 spiro atoms. The summed E-state index contributed by atoms with van der Waals surface area (Å²) in [4.78, 5) is 28.0. The molecule has 1 amide bonds. The lowest BCUT2D eigenvalue weighted by Crippen LogP contribution is -2.43. The molecule has 2 atom stereocenters. The Labute approximate surface area is 133 Å². The Bertz CT molecular complexity index is 722. The van der Waals surface area contributed by atoms with Crippen molar-refractivity contribution in [2.24, 2.45) is 5.92 Å². The van der Waals surface area contributed by atoms with Crippen molar-refractivity contribution >= 4 is 5.91 Å². The van der Waals surface area contributed by atoms with E-state index in [1.165, 1.54) is 6.42 Å². The SMILES string of the molecule is C[C@H]1CCCC[C@H]1NC(=O)Cn1nc(-c2cccnc2)oc1=O. The molecule has 1 saturated carbocycles. The van der Waals surface area contributed by atoms with Crippen molar-refractivity contribution in [3.8, 4) is 11.5 Å². The maximum absolute atomic E-state index is 12.2. The molecular formula is C16H20N4O3. The van der Waals surface area contributed by atoms with E-state index in [9.17, 15) is 9.59 Å². The Balaban J connectivity index is 1.67. The van der Waals surface area contributed by atoms with Crippen molar-refractivity contribution in [3.63, 3.8) is 0 Å². The summed E-state index contributed by atoms with van der Waals surface area (Å²) in [5.41, 5.74) is 0.602. The minimum Gasteiger partial charge on any atom is -0.388 e. The summed E-state index contributed by atoms with van der Waals surface area (Å²) in [5, 5.41) is 7.07. The van der Waals surface area contributed by atoms with Gasteiger partial charge in [0.15, 0.2) is 0 Å². The first-order valence-electron chi connectivity index (χ1n) is 7.91. The van der Waals surface area contributed by atoms with E-state index in [-0.39, 0.29) is 24.4 Å². The second kappa shape index (κ2) is 6.76. The van der Waals surface area contributed by atoms with E-state index in [0.717, 1.165) is 23.9 Å². The van der Waals surface area contributed by atoms with Crippen LogP contribution in [0.2, 0.25) is 0 Å². The molecule has 0 aromatic carbocycles. The fourth-order valence-electron chi connectivity index (χ4n) is 2.93. The predicted octanol–water partition coefficient (Wildman–Crippen LogP) is 1.59. The van der Waals surface area contributed by atoms with Gasteiger partial charge in [-0.2, -0.15) is 4.68 Å². The molecule has 2 aromatic heterocycles. The number of nitrogens with one attached hydrogen (secondary N) is 1. The summed E-state index contributed by atoms with van der Waals surface area (Å²) in [6, 6.07) is 3.65. The molecule has 0 aliphatic heterocycles. The maximum atomic E-state index is 12.2. The highest BCUT2D eigenvalue weighted by atomic mass is 16.4. The van der Waals surface area contributed by atoms with E-state index in [2.05, 4.69) is 22.3 Å². The molecule has 1 aliphatic rings. The molecule has 1 N–H and O–H groups in total. The van der Waals surface area contributed by atoms with Crippen molar-refractivity contribution in [3.05, 3.63) is 35.1 Å². The smallest absolute Gasteiger partial charge is 0.388 e. The Morgan fingerprint density at radius 2 is 2.26 bits per heavy atom. The first-order chi connectivity index (χ1) is 11.1. The number of hydrogen-bond acceptors (Lipinski definition) is 5. The van der Waals surface area contributed by atoms with Gasteiger partial charge in [0, 0.05) is 18.4 Å². The van der Waals surface area contributed by atoms with Crippen molar-refractivity contribution in [1.29, 1.82) is 0 Å². The molecule has 2 heterocycles. The van der Waals surface area contributed by atoms with Gasteiger partial charge in [0.2, 0.25) is 5.91 Å². The highest BCUT2D eigenvalue weighted by Crippen LogP contribution is 2.23. The molecule has 1 aliphatic carbocycles. The lowest BCUT2D eigenvalue weighted by atomic mass is 9.86. The molecule has 0 radical (unpaired) electrons. The van der Waals surface area contributed by atoms with Crippen LogP contribution < -0.4 is 11.1 Å². The summed E-state index contributed by atoms with van der Waals surface area (Å²) < 4.78 is 6.14. The fourth-order valence-corrected chi connectivity index (χ4v) is 2.93. The van der Waals surface area contributed by atoms with Crippen LogP contribution in [0.5, 0.6) is 0 Å². The zero-order valence-electron chi connectivity index (χ0n) is 13.1. The number of rotatable bonds is 4. The van der Waals surface area contributed by atoms with Crippen LogP contribution >= 0.6 is 0 Å². The lowest BCUT2D eigenvalue weighted by molar-refractivity contribution is -0.123. The van der Waals surface area contributed by atoms with E-state index in [0.29, 0.717) is 11.5 Å². The Kier molecular flexibility index (Phi) is 4.55. The van der Waals surface area contributed by atoms with Gasteiger partial charge in [-0.3, -0.25) is 9.78 Å². The van der Waals surface area contributed by atoms with Gasteiger partial charge in [-0.15, -0.1) is 5.10 Å². The van der Waals surface area contributed by atoms with Gasteiger partial charge in [-0.05, 0) is 30.9 Å². The Hall–Kier alpha value is -2.44. The number of pyridine rings is 1. The second-order valence-electron chi connectivity index (χ2n) is 6.01. The van der Waals surface area contributed by atoms with Crippen molar-refractivity contribution in [2.75, 3.05) is 0 Å². The molecule has 0 unspecified atom stereocenters. The number of hydrogen-bond donors (Lipinski definition) is 1. The number of amides is 1. The van der Waals surface area contributed by atoms with Crippen LogP contribution in [0.25, 0.3) is 11.5 Å². The maximum Gasteiger partial charge on any atom is 0.437 e. The fraction of sp³-hybridized carbons (Fsp3) is 0.500. The van der Waals surface area contributed by atoms with Crippen LogP contribution in [0.1, 0.15) is 32.6 Å². The van der Waals surface area contributed by atoms with Gasteiger partial charge in [-0.25, -0.2) is 4.79 Å². The molecule has 3 rings (SSSR count). The molecule has 1 fully saturated rings. The highest BCUT2D eigenvalue weighted by Gasteiger charge is 2.23. The third-order valence-electron chi connectivity index (χ3n) is 4.27. The minimum atomic E-state index is -0.643. The minimum absolute atomic E-state index is 0.133. The van der Waals surface area contributed by atoms with Crippen LogP contribution in [0, 0.1) is 5.92 Å².